The fourth-order valence-electron chi connectivity index (χ4n) is 1.87. The van der Waals surface area contributed by atoms with Gasteiger partial charge in [0.15, 0.2) is 0 Å². The van der Waals surface area contributed by atoms with Gasteiger partial charge in [0.05, 0.1) is 11.7 Å². The minimum absolute atomic E-state index is 0.0285. The molecule has 0 amide bonds. The fourth-order valence-corrected chi connectivity index (χ4v) is 1.87. The minimum atomic E-state index is -1.05. The molecule has 1 aromatic rings. The monoisotopic (exact) mass is 238 g/mol. The van der Waals surface area contributed by atoms with Crippen molar-refractivity contribution in [2.45, 2.75) is 31.7 Å². The van der Waals surface area contributed by atoms with Crippen molar-refractivity contribution in [1.29, 1.82) is 0 Å². The van der Waals surface area contributed by atoms with E-state index in [4.69, 9.17) is 9.47 Å². The van der Waals surface area contributed by atoms with Crippen molar-refractivity contribution < 1.29 is 18.7 Å². The number of benzene rings is 1. The highest BCUT2D eigenvalue weighted by molar-refractivity contribution is 5.89. The Balaban J connectivity index is 1.85. The second-order valence-electron chi connectivity index (χ2n) is 4.20. The summed E-state index contributed by atoms with van der Waals surface area (Å²) < 4.78 is 23.7. The highest BCUT2D eigenvalue weighted by Gasteiger charge is 2.33. The van der Waals surface area contributed by atoms with Crippen LogP contribution in [0, 0.1) is 0 Å². The van der Waals surface area contributed by atoms with E-state index in [9.17, 15) is 9.18 Å². The van der Waals surface area contributed by atoms with E-state index in [2.05, 4.69) is 0 Å². The summed E-state index contributed by atoms with van der Waals surface area (Å²) in [6, 6.07) is 8.64. The molecule has 17 heavy (non-hydrogen) atoms. The van der Waals surface area contributed by atoms with Gasteiger partial charge >= 0.3 is 5.97 Å². The molecule has 3 nitrogen and oxygen atoms in total. The Morgan fingerprint density at radius 2 is 2.18 bits per heavy atom. The molecule has 1 unspecified atom stereocenters. The number of alkyl halides is 1. The molecule has 4 heteroatoms. The number of ether oxygens (including phenoxy) is 2. The molecule has 0 saturated carbocycles. The summed E-state index contributed by atoms with van der Waals surface area (Å²) in [5, 5.41) is 0. The van der Waals surface area contributed by atoms with Crippen molar-refractivity contribution in [3.8, 4) is 0 Å². The van der Waals surface area contributed by atoms with E-state index in [1.54, 1.807) is 24.3 Å². The van der Waals surface area contributed by atoms with Crippen LogP contribution in [0.15, 0.2) is 30.3 Å². The van der Waals surface area contributed by atoms with Crippen molar-refractivity contribution in [2.75, 3.05) is 6.61 Å². The van der Waals surface area contributed by atoms with Crippen LogP contribution in [0.3, 0.4) is 0 Å². The summed E-state index contributed by atoms with van der Waals surface area (Å²) >= 11 is 0. The first-order valence-electron chi connectivity index (χ1n) is 5.68. The van der Waals surface area contributed by atoms with Gasteiger partial charge in [0, 0.05) is 6.42 Å². The van der Waals surface area contributed by atoms with Crippen LogP contribution in [-0.4, -0.2) is 31.0 Å². The quantitative estimate of drug-likeness (QED) is 0.758. The highest BCUT2D eigenvalue weighted by atomic mass is 19.1. The predicted molar refractivity (Wildman–Crippen MR) is 60.6 cm³/mol. The Morgan fingerprint density at radius 1 is 1.47 bits per heavy atom. The van der Waals surface area contributed by atoms with Gasteiger partial charge in [0.1, 0.15) is 18.9 Å². The SMILES string of the molecule is CC1C[C@@H](F)[C@@H](COC(=O)c2ccccc2)O1. The van der Waals surface area contributed by atoms with Crippen LogP contribution in [-0.2, 0) is 9.47 Å². The van der Waals surface area contributed by atoms with Gasteiger partial charge in [-0.3, -0.25) is 0 Å². The number of carbonyl (C=O) groups is 1. The van der Waals surface area contributed by atoms with E-state index < -0.39 is 18.2 Å². The molecule has 0 N–H and O–H groups in total. The average molecular weight is 238 g/mol. The molecule has 92 valence electrons. The molecular formula is C13H15FO3. The highest BCUT2D eigenvalue weighted by Crippen LogP contribution is 2.23. The third-order valence-corrected chi connectivity index (χ3v) is 2.76. The van der Waals surface area contributed by atoms with Crippen LogP contribution in [0.5, 0.6) is 0 Å². The summed E-state index contributed by atoms with van der Waals surface area (Å²) in [7, 11) is 0. The number of rotatable bonds is 3. The lowest BCUT2D eigenvalue weighted by Gasteiger charge is -2.13. The zero-order valence-corrected chi connectivity index (χ0v) is 9.64. The molecule has 0 radical (unpaired) electrons. The molecule has 0 spiro atoms. The Hall–Kier alpha value is -1.42. The molecule has 1 fully saturated rings. The summed E-state index contributed by atoms with van der Waals surface area (Å²) in [6.07, 6.45) is -1.41. The van der Waals surface area contributed by atoms with Gasteiger partial charge in [0.25, 0.3) is 0 Å². The molecular weight excluding hydrogens is 223 g/mol. The minimum Gasteiger partial charge on any atom is -0.459 e. The Morgan fingerprint density at radius 3 is 2.76 bits per heavy atom. The van der Waals surface area contributed by atoms with Crippen LogP contribution >= 0.6 is 0 Å². The van der Waals surface area contributed by atoms with Crippen LogP contribution in [0.2, 0.25) is 0 Å². The van der Waals surface area contributed by atoms with Crippen molar-refractivity contribution in [1.82, 2.24) is 0 Å². The summed E-state index contributed by atoms with van der Waals surface area (Å²) in [6.45, 7) is 1.78. The lowest BCUT2D eigenvalue weighted by Crippen LogP contribution is -2.25. The molecule has 3 atom stereocenters. The number of hydrogen-bond donors (Lipinski definition) is 0. The maximum absolute atomic E-state index is 13.4. The van der Waals surface area contributed by atoms with E-state index in [0.717, 1.165) is 0 Å². The van der Waals surface area contributed by atoms with Gasteiger partial charge in [-0.1, -0.05) is 18.2 Å². The Bertz CT molecular complexity index is 380. The third-order valence-electron chi connectivity index (χ3n) is 2.76. The average Bonchev–Trinajstić information content (AvgIpc) is 2.66. The van der Waals surface area contributed by atoms with E-state index >= 15 is 0 Å². The predicted octanol–water partition coefficient (Wildman–Crippen LogP) is 2.36. The van der Waals surface area contributed by atoms with E-state index in [0.29, 0.717) is 12.0 Å². The van der Waals surface area contributed by atoms with E-state index in [1.807, 2.05) is 13.0 Å². The number of hydrogen-bond acceptors (Lipinski definition) is 3. The first-order valence-corrected chi connectivity index (χ1v) is 5.68. The molecule has 1 heterocycles. The molecule has 1 saturated heterocycles. The van der Waals surface area contributed by atoms with Gasteiger partial charge in [-0.2, -0.15) is 0 Å². The smallest absolute Gasteiger partial charge is 0.338 e. The number of halogens is 1. The van der Waals surface area contributed by atoms with Gasteiger partial charge < -0.3 is 9.47 Å². The fraction of sp³-hybridized carbons (Fsp3) is 0.462. The molecule has 1 aromatic carbocycles. The Kier molecular flexibility index (Phi) is 3.74. The summed E-state index contributed by atoms with van der Waals surface area (Å²) in [5.74, 6) is -0.444. The van der Waals surface area contributed by atoms with Crippen molar-refractivity contribution in [3.05, 3.63) is 35.9 Å². The van der Waals surface area contributed by atoms with Gasteiger partial charge in [-0.05, 0) is 19.1 Å². The molecule has 0 aliphatic carbocycles. The second-order valence-corrected chi connectivity index (χ2v) is 4.20. The maximum atomic E-state index is 13.4. The number of carbonyl (C=O) groups excluding carboxylic acids is 1. The zero-order valence-electron chi connectivity index (χ0n) is 9.64. The van der Waals surface area contributed by atoms with Gasteiger partial charge in [-0.25, -0.2) is 9.18 Å². The van der Waals surface area contributed by atoms with Crippen LogP contribution in [0.25, 0.3) is 0 Å². The molecule has 2 rings (SSSR count). The lowest BCUT2D eigenvalue weighted by molar-refractivity contribution is -0.0163. The second kappa shape index (κ2) is 5.27. The Labute approximate surface area is 99.5 Å². The normalized spacial score (nSPS) is 28.0. The van der Waals surface area contributed by atoms with Crippen molar-refractivity contribution in [3.63, 3.8) is 0 Å². The first-order chi connectivity index (χ1) is 8.16. The molecule has 1 aliphatic rings. The van der Waals surface area contributed by atoms with E-state index in [1.165, 1.54) is 0 Å². The van der Waals surface area contributed by atoms with Crippen molar-refractivity contribution >= 4 is 5.97 Å². The van der Waals surface area contributed by atoms with Crippen LogP contribution in [0.1, 0.15) is 23.7 Å². The van der Waals surface area contributed by atoms with Crippen molar-refractivity contribution in [2.24, 2.45) is 0 Å². The standard InChI is InChI=1S/C13H15FO3/c1-9-7-11(14)12(17-9)8-16-13(15)10-5-3-2-4-6-10/h2-6,9,11-12H,7-8H2,1H3/t9?,11-,12-/m1/s1. The molecule has 1 aliphatic heterocycles. The molecule has 0 bridgehead atoms. The lowest BCUT2D eigenvalue weighted by atomic mass is 10.2. The van der Waals surface area contributed by atoms with E-state index in [-0.39, 0.29) is 12.7 Å². The summed E-state index contributed by atoms with van der Waals surface area (Å²) in [4.78, 5) is 11.6. The molecule has 0 aromatic heterocycles. The van der Waals surface area contributed by atoms with Crippen LogP contribution < -0.4 is 0 Å². The topological polar surface area (TPSA) is 35.5 Å². The number of esters is 1. The van der Waals surface area contributed by atoms with Crippen LogP contribution in [0.4, 0.5) is 4.39 Å². The third kappa shape index (κ3) is 3.03. The van der Waals surface area contributed by atoms with Gasteiger partial charge in [0.2, 0.25) is 0 Å². The van der Waals surface area contributed by atoms with Gasteiger partial charge in [-0.15, -0.1) is 0 Å². The summed E-state index contributed by atoms with van der Waals surface area (Å²) in [5.41, 5.74) is 0.467. The first kappa shape index (κ1) is 12.0. The zero-order chi connectivity index (χ0) is 12.3. The maximum Gasteiger partial charge on any atom is 0.338 e. The largest absolute Gasteiger partial charge is 0.459 e.